The van der Waals surface area contributed by atoms with Gasteiger partial charge in [-0.2, -0.15) is 0 Å². The molecule has 0 saturated carbocycles. The lowest BCUT2D eigenvalue weighted by Gasteiger charge is -2.31. The molecule has 1 aliphatic heterocycles. The zero-order chi connectivity index (χ0) is 43.5. The molecule has 0 aliphatic carbocycles. The van der Waals surface area contributed by atoms with Crippen molar-refractivity contribution in [2.75, 3.05) is 0 Å². The molecule has 1 aliphatic rings. The van der Waals surface area contributed by atoms with Crippen LogP contribution in [0.2, 0.25) is 0 Å². The zero-order valence-electron chi connectivity index (χ0n) is 36.9. The SMILES string of the molecule is CC(=O)OC1CCCC(O)CCCC(O)CCCC(O)CCCC(O)CCCC(O)CCC[C@H](O)C[C@H](O)CCCC(C)=CC(=O)OC(C(C)(C)C)CC(O)CCC1. The molecule has 12 nitrogen and oxygen atoms in total. The van der Waals surface area contributed by atoms with E-state index in [1.807, 2.05) is 27.7 Å². The Hall–Kier alpha value is -1.64. The number of aliphatic hydroxyl groups excluding tert-OH is 8. The molecule has 8 N–H and O–H groups in total. The molecule has 0 radical (unpaired) electrons. The summed E-state index contributed by atoms with van der Waals surface area (Å²) in [6, 6.07) is 0. The van der Waals surface area contributed by atoms with E-state index in [4.69, 9.17) is 9.47 Å². The van der Waals surface area contributed by atoms with Crippen LogP contribution in [0.4, 0.5) is 0 Å². The highest BCUT2D eigenvalue weighted by Crippen LogP contribution is 2.28. The van der Waals surface area contributed by atoms with E-state index in [0.29, 0.717) is 154 Å². The standard InChI is InChI=1S/C46H86O12/c1-33-14-6-25-40(53)31-41(54)26-11-23-38(51)21-9-19-36(49)17-7-15-35(48)16-8-18-37(50)20-10-22-39(52)24-12-28-43(57-34(2)47)29-13-27-42(55)32-44(46(3,4)5)58-45(56)30-33/h30,35-44,48-55H,6-29,31-32H2,1-5H3/t35?,36?,37?,38?,39?,40-,41+,42?,43?,44?/m1/s1. The van der Waals surface area contributed by atoms with Crippen LogP contribution in [0.1, 0.15) is 202 Å². The van der Waals surface area contributed by atoms with Gasteiger partial charge in [0.1, 0.15) is 12.2 Å². The van der Waals surface area contributed by atoms with Gasteiger partial charge in [-0.3, -0.25) is 4.79 Å². The highest BCUT2D eigenvalue weighted by molar-refractivity contribution is 5.82. The molecule has 0 spiro atoms. The van der Waals surface area contributed by atoms with Crippen LogP contribution in [0.5, 0.6) is 0 Å². The number of carbonyl (C=O) groups excluding carboxylic acids is 2. The largest absolute Gasteiger partial charge is 0.463 e. The van der Waals surface area contributed by atoms with E-state index in [0.717, 1.165) is 5.57 Å². The molecule has 10 atom stereocenters. The molecular formula is C46H86O12. The molecule has 0 amide bonds. The first kappa shape index (κ1) is 54.4. The Labute approximate surface area is 350 Å². The average Bonchev–Trinajstić information content (AvgIpc) is 3.10. The fraction of sp³-hybridized carbons (Fsp3) is 0.913. The van der Waals surface area contributed by atoms with Gasteiger partial charge in [0.2, 0.25) is 0 Å². The summed E-state index contributed by atoms with van der Waals surface area (Å²) in [5.74, 6) is -0.851. The maximum atomic E-state index is 12.9. The number of hydrogen-bond donors (Lipinski definition) is 8. The average molecular weight is 831 g/mol. The summed E-state index contributed by atoms with van der Waals surface area (Å²) in [6.45, 7) is 9.10. The minimum Gasteiger partial charge on any atom is -0.463 e. The van der Waals surface area contributed by atoms with Crippen LogP contribution in [0.3, 0.4) is 0 Å². The molecule has 0 aromatic rings. The van der Waals surface area contributed by atoms with Crippen LogP contribution < -0.4 is 0 Å². The van der Waals surface area contributed by atoms with E-state index >= 15 is 0 Å². The first-order chi connectivity index (χ1) is 27.3. The number of esters is 2. The lowest BCUT2D eigenvalue weighted by molar-refractivity contribution is -0.150. The first-order valence-electron chi connectivity index (χ1n) is 22.8. The van der Waals surface area contributed by atoms with Gasteiger partial charge < -0.3 is 50.3 Å². The van der Waals surface area contributed by atoms with E-state index in [-0.39, 0.29) is 24.9 Å². The number of carbonyl (C=O) groups is 2. The third-order valence-electron chi connectivity index (χ3n) is 11.6. The lowest BCUT2D eigenvalue weighted by atomic mass is 9.85. The lowest BCUT2D eigenvalue weighted by Crippen LogP contribution is -2.34. The minimum atomic E-state index is -0.723. The van der Waals surface area contributed by atoms with Gasteiger partial charge in [-0.15, -0.1) is 0 Å². The molecule has 0 fully saturated rings. The Morgan fingerprint density at radius 1 is 0.534 bits per heavy atom. The Kier molecular flexibility index (Phi) is 29.3. The van der Waals surface area contributed by atoms with E-state index in [9.17, 15) is 50.4 Å². The number of aliphatic hydroxyl groups is 8. The van der Waals surface area contributed by atoms with Crippen molar-refractivity contribution in [1.29, 1.82) is 0 Å². The van der Waals surface area contributed by atoms with Crippen LogP contribution in [-0.4, -0.2) is 114 Å². The van der Waals surface area contributed by atoms with Crippen LogP contribution >= 0.6 is 0 Å². The van der Waals surface area contributed by atoms with Crippen LogP contribution in [-0.2, 0) is 19.1 Å². The van der Waals surface area contributed by atoms with Crippen molar-refractivity contribution in [3.8, 4) is 0 Å². The summed E-state index contributed by atoms with van der Waals surface area (Å²) in [4.78, 5) is 24.7. The molecule has 12 heteroatoms. The molecule has 342 valence electrons. The van der Waals surface area contributed by atoms with Gasteiger partial charge in [0.05, 0.1) is 48.8 Å². The van der Waals surface area contributed by atoms with Gasteiger partial charge >= 0.3 is 11.9 Å². The zero-order valence-corrected chi connectivity index (χ0v) is 36.9. The highest BCUT2D eigenvalue weighted by atomic mass is 16.5. The fourth-order valence-corrected chi connectivity index (χ4v) is 7.88. The van der Waals surface area contributed by atoms with Gasteiger partial charge in [-0.05, 0) is 173 Å². The summed E-state index contributed by atoms with van der Waals surface area (Å²) in [5, 5.41) is 84.1. The number of cyclic esters (lactones) is 1. The predicted molar refractivity (Wildman–Crippen MR) is 227 cm³/mol. The Bertz CT molecular complexity index is 1090. The van der Waals surface area contributed by atoms with E-state index in [1.54, 1.807) is 0 Å². The Morgan fingerprint density at radius 3 is 1.19 bits per heavy atom. The highest BCUT2D eigenvalue weighted by Gasteiger charge is 2.30. The minimum absolute atomic E-state index is 0.244. The second-order valence-electron chi connectivity index (χ2n) is 18.6. The van der Waals surface area contributed by atoms with Crippen molar-refractivity contribution in [3.63, 3.8) is 0 Å². The first-order valence-corrected chi connectivity index (χ1v) is 22.8. The van der Waals surface area contributed by atoms with Crippen LogP contribution in [0.25, 0.3) is 0 Å². The fourth-order valence-electron chi connectivity index (χ4n) is 7.88. The Morgan fingerprint density at radius 2 is 0.845 bits per heavy atom. The number of rotatable bonds is 1. The van der Waals surface area contributed by atoms with E-state index in [2.05, 4.69) is 0 Å². The number of allylic oxidation sites excluding steroid dienone is 1. The summed E-state index contributed by atoms with van der Waals surface area (Å²) in [6.07, 6.45) is 10.7. The van der Waals surface area contributed by atoms with Crippen molar-refractivity contribution < 1.29 is 59.9 Å². The molecule has 0 aromatic carbocycles. The topological polar surface area (TPSA) is 214 Å². The summed E-state index contributed by atoms with van der Waals surface area (Å²) >= 11 is 0. The third kappa shape index (κ3) is 29.6. The van der Waals surface area contributed by atoms with Crippen LogP contribution in [0.15, 0.2) is 11.6 Å². The monoisotopic (exact) mass is 831 g/mol. The number of hydrogen-bond acceptors (Lipinski definition) is 12. The van der Waals surface area contributed by atoms with E-state index < -0.39 is 66.3 Å². The molecule has 58 heavy (non-hydrogen) atoms. The maximum Gasteiger partial charge on any atom is 0.330 e. The number of ether oxygens (including phenoxy) is 2. The van der Waals surface area contributed by atoms with Crippen molar-refractivity contribution in [1.82, 2.24) is 0 Å². The smallest absolute Gasteiger partial charge is 0.330 e. The summed E-state index contributed by atoms with van der Waals surface area (Å²) in [5.41, 5.74) is 0.397. The van der Waals surface area contributed by atoms with E-state index in [1.165, 1.54) is 13.0 Å². The van der Waals surface area contributed by atoms with Gasteiger partial charge in [0, 0.05) is 19.4 Å². The van der Waals surface area contributed by atoms with Crippen LogP contribution in [0, 0.1) is 5.41 Å². The molecular weight excluding hydrogens is 744 g/mol. The Balaban J connectivity index is 2.79. The quantitative estimate of drug-likeness (QED) is 0.127. The van der Waals surface area contributed by atoms with Crippen molar-refractivity contribution >= 4 is 11.9 Å². The second-order valence-corrected chi connectivity index (χ2v) is 18.6. The molecule has 1 heterocycles. The second kappa shape index (κ2) is 31.2. The summed E-state index contributed by atoms with van der Waals surface area (Å²) in [7, 11) is 0. The molecule has 0 saturated heterocycles. The van der Waals surface area contributed by atoms with Gasteiger partial charge in [-0.25, -0.2) is 4.79 Å². The molecule has 0 bridgehead atoms. The van der Waals surface area contributed by atoms with Gasteiger partial charge in [0.15, 0.2) is 0 Å². The van der Waals surface area contributed by atoms with Gasteiger partial charge in [0.25, 0.3) is 0 Å². The van der Waals surface area contributed by atoms with Crippen molar-refractivity contribution in [2.24, 2.45) is 5.41 Å². The van der Waals surface area contributed by atoms with Crippen molar-refractivity contribution in [3.05, 3.63) is 11.6 Å². The third-order valence-corrected chi connectivity index (χ3v) is 11.6. The molecule has 0 aromatic heterocycles. The maximum absolute atomic E-state index is 12.9. The molecule has 8 unspecified atom stereocenters. The predicted octanol–water partition coefficient (Wildman–Crippen LogP) is 6.87. The normalized spacial score (nSPS) is 33.2. The van der Waals surface area contributed by atoms with Gasteiger partial charge in [-0.1, -0.05) is 26.3 Å². The van der Waals surface area contributed by atoms with Crippen molar-refractivity contribution in [2.45, 2.75) is 263 Å². The molecule has 1 rings (SSSR count). The summed E-state index contributed by atoms with van der Waals surface area (Å²) < 4.78 is 11.4.